The van der Waals surface area contributed by atoms with E-state index in [1.165, 1.54) is 16.0 Å². The number of fused-ring (bicyclic) bond motifs is 2. The highest BCUT2D eigenvalue weighted by Gasteiger charge is 2.49. The smallest absolute Gasteiger partial charge is 0.233 e. The van der Waals surface area contributed by atoms with Gasteiger partial charge in [-0.15, -0.1) is 0 Å². The maximum absolute atomic E-state index is 12.3. The van der Waals surface area contributed by atoms with E-state index in [0.29, 0.717) is 6.54 Å². The summed E-state index contributed by atoms with van der Waals surface area (Å²) in [6, 6.07) is 6.28. The maximum Gasteiger partial charge on any atom is 0.233 e. The van der Waals surface area contributed by atoms with Gasteiger partial charge in [-0.05, 0) is 29.5 Å². The number of rotatable bonds is 2. The van der Waals surface area contributed by atoms with Crippen LogP contribution in [0, 0.1) is 11.8 Å². The minimum Gasteiger partial charge on any atom is -0.309 e. The summed E-state index contributed by atoms with van der Waals surface area (Å²) in [6.07, 6.45) is 2.80. The molecule has 2 amide bonds. The summed E-state index contributed by atoms with van der Waals surface area (Å²) in [5.74, 6) is 0.0458. The summed E-state index contributed by atoms with van der Waals surface area (Å²) < 4.78 is 0. The number of nitrogens with zero attached hydrogens (tertiary/aromatic N) is 1. The molecule has 0 radical (unpaired) electrons. The predicted molar refractivity (Wildman–Crippen MR) is 73.4 cm³/mol. The van der Waals surface area contributed by atoms with Crippen molar-refractivity contribution in [1.29, 1.82) is 0 Å². The van der Waals surface area contributed by atoms with Crippen LogP contribution in [0.3, 0.4) is 0 Å². The number of amides is 2. The Labute approximate surface area is 118 Å². The molecule has 104 valence electrons. The van der Waals surface area contributed by atoms with Gasteiger partial charge in [-0.1, -0.05) is 24.6 Å². The van der Waals surface area contributed by atoms with Crippen LogP contribution in [0.1, 0.15) is 36.0 Å². The first-order chi connectivity index (χ1) is 9.74. The van der Waals surface area contributed by atoms with Crippen molar-refractivity contribution in [2.45, 2.75) is 38.9 Å². The molecule has 2 unspecified atom stereocenters. The van der Waals surface area contributed by atoms with Crippen LogP contribution in [-0.2, 0) is 29.2 Å². The van der Waals surface area contributed by atoms with Crippen molar-refractivity contribution in [2.75, 3.05) is 0 Å². The second-order valence-corrected chi connectivity index (χ2v) is 6.11. The highest BCUT2D eigenvalue weighted by Crippen LogP contribution is 2.40. The number of nitrogens with one attached hydrogen (secondary N) is 1. The Hall–Kier alpha value is -1.68. The average Bonchev–Trinajstić information content (AvgIpc) is 3.14. The summed E-state index contributed by atoms with van der Waals surface area (Å²) in [6.45, 7) is 2.25. The van der Waals surface area contributed by atoms with Crippen LogP contribution in [0.5, 0.6) is 0 Å². The van der Waals surface area contributed by atoms with Crippen LogP contribution in [0.2, 0.25) is 0 Å². The molecule has 2 fully saturated rings. The van der Waals surface area contributed by atoms with Crippen LogP contribution in [0.15, 0.2) is 18.2 Å². The molecule has 4 nitrogen and oxygen atoms in total. The molecular weight excluding hydrogens is 252 g/mol. The Morgan fingerprint density at radius 1 is 1.05 bits per heavy atom. The van der Waals surface area contributed by atoms with Crippen molar-refractivity contribution in [1.82, 2.24) is 10.2 Å². The van der Waals surface area contributed by atoms with Gasteiger partial charge in [0.25, 0.3) is 0 Å². The Morgan fingerprint density at radius 3 is 2.50 bits per heavy atom. The molecule has 2 aliphatic heterocycles. The van der Waals surface area contributed by atoms with Crippen molar-refractivity contribution in [2.24, 2.45) is 11.8 Å². The van der Waals surface area contributed by atoms with Gasteiger partial charge in [0.15, 0.2) is 0 Å². The first kappa shape index (κ1) is 12.1. The zero-order valence-corrected chi connectivity index (χ0v) is 11.4. The van der Waals surface area contributed by atoms with E-state index in [0.717, 1.165) is 37.9 Å². The van der Waals surface area contributed by atoms with Crippen molar-refractivity contribution < 1.29 is 9.59 Å². The summed E-state index contributed by atoms with van der Waals surface area (Å²) in [5.41, 5.74) is 3.68. The number of imide groups is 1. The minimum atomic E-state index is -0.0291. The van der Waals surface area contributed by atoms with Gasteiger partial charge in [-0.2, -0.15) is 0 Å². The van der Waals surface area contributed by atoms with Gasteiger partial charge in [-0.25, -0.2) is 0 Å². The minimum absolute atomic E-state index is 0.0291. The molecule has 1 N–H and O–H groups in total. The number of hydrogen-bond acceptors (Lipinski definition) is 3. The highest BCUT2D eigenvalue weighted by molar-refractivity contribution is 6.05. The highest BCUT2D eigenvalue weighted by atomic mass is 16.2. The zero-order valence-electron chi connectivity index (χ0n) is 11.4. The van der Waals surface area contributed by atoms with Crippen LogP contribution in [0.25, 0.3) is 0 Å². The molecule has 4 heteroatoms. The van der Waals surface area contributed by atoms with E-state index in [2.05, 4.69) is 17.4 Å². The van der Waals surface area contributed by atoms with Gasteiger partial charge < -0.3 is 5.32 Å². The van der Waals surface area contributed by atoms with Gasteiger partial charge in [0.1, 0.15) is 0 Å². The van der Waals surface area contributed by atoms with E-state index < -0.39 is 0 Å². The molecule has 1 aromatic carbocycles. The average molecular weight is 270 g/mol. The lowest BCUT2D eigenvalue weighted by Gasteiger charge is -2.16. The van der Waals surface area contributed by atoms with Crippen molar-refractivity contribution in [3.63, 3.8) is 0 Å². The van der Waals surface area contributed by atoms with Crippen molar-refractivity contribution in [3.8, 4) is 0 Å². The Kier molecular flexibility index (Phi) is 2.67. The van der Waals surface area contributed by atoms with E-state index in [4.69, 9.17) is 0 Å². The van der Waals surface area contributed by atoms with Crippen LogP contribution < -0.4 is 5.32 Å². The molecule has 0 spiro atoms. The fraction of sp³-hybridized carbons (Fsp3) is 0.500. The molecule has 2 heterocycles. The first-order valence-corrected chi connectivity index (χ1v) is 7.40. The topological polar surface area (TPSA) is 49.4 Å². The number of carbonyl (C=O) groups excluding carboxylic acids is 2. The third-order valence-corrected chi connectivity index (χ3v) is 4.92. The van der Waals surface area contributed by atoms with Gasteiger partial charge in [0.2, 0.25) is 11.8 Å². The molecule has 20 heavy (non-hydrogen) atoms. The van der Waals surface area contributed by atoms with Crippen LogP contribution in [0.4, 0.5) is 0 Å². The molecule has 1 saturated carbocycles. The Morgan fingerprint density at radius 2 is 1.75 bits per heavy atom. The van der Waals surface area contributed by atoms with Gasteiger partial charge in [0.05, 0.1) is 18.4 Å². The van der Waals surface area contributed by atoms with E-state index in [9.17, 15) is 9.59 Å². The predicted octanol–water partition coefficient (Wildman–Crippen LogP) is 1.57. The van der Waals surface area contributed by atoms with E-state index in [-0.39, 0.29) is 23.7 Å². The molecule has 1 aliphatic carbocycles. The monoisotopic (exact) mass is 270 g/mol. The first-order valence-electron chi connectivity index (χ1n) is 7.40. The second kappa shape index (κ2) is 4.42. The molecular formula is C16H18N2O2. The van der Waals surface area contributed by atoms with E-state index >= 15 is 0 Å². The van der Waals surface area contributed by atoms with Gasteiger partial charge in [-0.3, -0.25) is 14.5 Å². The normalized spacial score (nSPS) is 28.1. The fourth-order valence-corrected chi connectivity index (χ4v) is 3.85. The van der Waals surface area contributed by atoms with E-state index in [1.54, 1.807) is 0 Å². The number of likely N-dealkylation sites (tertiary alicyclic amines) is 1. The molecule has 1 aromatic rings. The zero-order chi connectivity index (χ0) is 13.7. The summed E-state index contributed by atoms with van der Waals surface area (Å²) in [4.78, 5) is 26.1. The standard InChI is InChI=1S/C16H18N2O2/c19-15-13-2-1-3-14(13)16(20)18(15)9-10-4-5-11-7-17-8-12(11)6-10/h4-6,13-14,17H,1-3,7-9H2. The Balaban J connectivity index is 1.57. The number of hydrogen-bond donors (Lipinski definition) is 1. The lowest BCUT2D eigenvalue weighted by molar-refractivity contribution is -0.141. The number of benzene rings is 1. The fourth-order valence-electron chi connectivity index (χ4n) is 3.85. The lowest BCUT2D eigenvalue weighted by atomic mass is 10.00. The molecule has 3 aliphatic rings. The van der Waals surface area contributed by atoms with Gasteiger partial charge in [0, 0.05) is 13.1 Å². The quantitative estimate of drug-likeness (QED) is 0.830. The number of carbonyl (C=O) groups is 2. The molecule has 1 saturated heterocycles. The van der Waals surface area contributed by atoms with Crippen LogP contribution in [-0.4, -0.2) is 16.7 Å². The maximum atomic E-state index is 12.3. The molecule has 0 bridgehead atoms. The summed E-state index contributed by atoms with van der Waals surface area (Å²) in [7, 11) is 0. The molecule has 4 rings (SSSR count). The van der Waals surface area contributed by atoms with Crippen LogP contribution >= 0.6 is 0 Å². The van der Waals surface area contributed by atoms with Gasteiger partial charge >= 0.3 is 0 Å². The summed E-state index contributed by atoms with van der Waals surface area (Å²) in [5, 5.41) is 3.31. The third kappa shape index (κ3) is 1.71. The molecule has 2 atom stereocenters. The largest absolute Gasteiger partial charge is 0.309 e. The SMILES string of the molecule is O=C1C2CCCC2C(=O)N1Cc1ccc2c(c1)CNC2. The van der Waals surface area contributed by atoms with E-state index in [1.807, 2.05) is 6.07 Å². The summed E-state index contributed by atoms with van der Waals surface area (Å²) >= 11 is 0. The van der Waals surface area contributed by atoms with Crippen molar-refractivity contribution >= 4 is 11.8 Å². The third-order valence-electron chi connectivity index (χ3n) is 4.92. The Bertz CT molecular complexity index is 574. The second-order valence-electron chi connectivity index (χ2n) is 6.11. The molecule has 0 aromatic heterocycles. The van der Waals surface area contributed by atoms with Crippen molar-refractivity contribution in [3.05, 3.63) is 34.9 Å². The lowest BCUT2D eigenvalue weighted by Crippen LogP contribution is -2.31.